The van der Waals surface area contributed by atoms with Gasteiger partial charge < -0.3 is 9.88 Å². The van der Waals surface area contributed by atoms with E-state index in [1.165, 1.54) is 11.8 Å². The fourth-order valence-corrected chi connectivity index (χ4v) is 4.21. The Morgan fingerprint density at radius 2 is 2.04 bits per heavy atom. The molecule has 2 aromatic carbocycles. The molecule has 0 aliphatic carbocycles. The SMILES string of the molecule is CCn1c2ccccc2c2nnc(SCC(=O)Nc3ccc(Br)cc3C)nc21. The summed E-state index contributed by atoms with van der Waals surface area (Å²) < 4.78 is 3.10. The van der Waals surface area contributed by atoms with Crippen LogP contribution in [0, 0.1) is 6.92 Å². The summed E-state index contributed by atoms with van der Waals surface area (Å²) in [5.74, 6) is 0.116. The lowest BCUT2D eigenvalue weighted by Gasteiger charge is -2.08. The summed E-state index contributed by atoms with van der Waals surface area (Å²) in [7, 11) is 0. The van der Waals surface area contributed by atoms with Crippen molar-refractivity contribution < 1.29 is 4.79 Å². The standard InChI is InChI=1S/C20H18BrN5OS/c1-3-26-16-7-5-4-6-14(16)18-19(26)23-20(25-24-18)28-11-17(27)22-15-9-8-13(21)10-12(15)2/h4-10H,3,11H2,1-2H3,(H,22,27). The number of aromatic nitrogens is 4. The Hall–Kier alpha value is -2.45. The minimum Gasteiger partial charge on any atom is -0.325 e. The molecule has 0 spiro atoms. The maximum atomic E-state index is 12.3. The summed E-state index contributed by atoms with van der Waals surface area (Å²) >= 11 is 4.71. The van der Waals surface area contributed by atoms with Crippen molar-refractivity contribution in [2.45, 2.75) is 25.5 Å². The molecule has 0 aliphatic heterocycles. The van der Waals surface area contributed by atoms with Crippen LogP contribution in [0.1, 0.15) is 12.5 Å². The van der Waals surface area contributed by atoms with E-state index >= 15 is 0 Å². The fraction of sp³-hybridized carbons (Fsp3) is 0.200. The summed E-state index contributed by atoms with van der Waals surface area (Å²) in [6.45, 7) is 4.82. The lowest BCUT2D eigenvalue weighted by Crippen LogP contribution is -2.15. The third kappa shape index (κ3) is 3.62. The molecule has 28 heavy (non-hydrogen) atoms. The summed E-state index contributed by atoms with van der Waals surface area (Å²) in [5, 5.41) is 13.0. The van der Waals surface area contributed by atoms with Crippen molar-refractivity contribution in [3.8, 4) is 0 Å². The number of anilines is 1. The van der Waals surface area contributed by atoms with Gasteiger partial charge in [-0.05, 0) is 43.7 Å². The molecule has 1 N–H and O–H groups in total. The average molecular weight is 456 g/mol. The number of nitrogens with zero attached hydrogens (tertiary/aromatic N) is 4. The predicted octanol–water partition coefficient (Wildman–Crippen LogP) is 4.80. The molecule has 0 aliphatic rings. The van der Waals surface area contributed by atoms with Crippen LogP contribution in [0.2, 0.25) is 0 Å². The van der Waals surface area contributed by atoms with Crippen molar-refractivity contribution >= 4 is 61.4 Å². The van der Waals surface area contributed by atoms with Crippen LogP contribution in [0.15, 0.2) is 52.1 Å². The van der Waals surface area contributed by atoms with Crippen LogP contribution in [0.4, 0.5) is 5.69 Å². The molecular formula is C20H18BrN5OS. The van der Waals surface area contributed by atoms with Crippen molar-refractivity contribution in [1.82, 2.24) is 19.7 Å². The predicted molar refractivity (Wildman–Crippen MR) is 117 cm³/mol. The van der Waals surface area contributed by atoms with Gasteiger partial charge in [-0.3, -0.25) is 4.79 Å². The molecule has 0 unspecified atom stereocenters. The number of carbonyl (C=O) groups is 1. The molecular weight excluding hydrogens is 438 g/mol. The van der Waals surface area contributed by atoms with Gasteiger partial charge in [0.1, 0.15) is 5.52 Å². The van der Waals surface area contributed by atoms with Gasteiger partial charge in [-0.15, -0.1) is 10.2 Å². The van der Waals surface area contributed by atoms with Crippen LogP contribution in [0.3, 0.4) is 0 Å². The number of rotatable bonds is 5. The highest BCUT2D eigenvalue weighted by Gasteiger charge is 2.14. The van der Waals surface area contributed by atoms with Crippen LogP contribution < -0.4 is 5.32 Å². The molecule has 142 valence electrons. The smallest absolute Gasteiger partial charge is 0.234 e. The molecule has 4 aromatic rings. The van der Waals surface area contributed by atoms with Crippen molar-refractivity contribution in [3.05, 3.63) is 52.5 Å². The van der Waals surface area contributed by atoms with E-state index in [1.807, 2.05) is 43.3 Å². The van der Waals surface area contributed by atoms with E-state index in [-0.39, 0.29) is 11.7 Å². The highest BCUT2D eigenvalue weighted by molar-refractivity contribution is 9.10. The van der Waals surface area contributed by atoms with Crippen molar-refractivity contribution in [2.75, 3.05) is 11.1 Å². The van der Waals surface area contributed by atoms with Gasteiger partial charge in [0.15, 0.2) is 5.65 Å². The van der Waals surface area contributed by atoms with Crippen LogP contribution in [-0.2, 0) is 11.3 Å². The number of hydrogen-bond acceptors (Lipinski definition) is 5. The van der Waals surface area contributed by atoms with E-state index in [1.54, 1.807) is 0 Å². The Morgan fingerprint density at radius 3 is 2.82 bits per heavy atom. The number of benzene rings is 2. The van der Waals surface area contributed by atoms with E-state index < -0.39 is 0 Å². The minimum atomic E-state index is -0.102. The van der Waals surface area contributed by atoms with Gasteiger partial charge in [-0.25, -0.2) is 4.98 Å². The number of thioether (sulfide) groups is 1. The molecule has 1 amide bonds. The number of hydrogen-bond donors (Lipinski definition) is 1. The number of halogens is 1. The normalized spacial score (nSPS) is 11.2. The Bertz CT molecular complexity index is 1190. The second kappa shape index (κ2) is 7.89. The molecule has 0 atom stereocenters. The summed E-state index contributed by atoms with van der Waals surface area (Å²) in [6.07, 6.45) is 0. The van der Waals surface area contributed by atoms with E-state index in [9.17, 15) is 4.79 Å². The molecule has 0 radical (unpaired) electrons. The zero-order valence-corrected chi connectivity index (χ0v) is 17.8. The quantitative estimate of drug-likeness (QED) is 0.437. The van der Waals surface area contributed by atoms with Gasteiger partial charge >= 0.3 is 0 Å². The number of para-hydroxylation sites is 1. The van der Waals surface area contributed by atoms with Gasteiger partial charge in [-0.1, -0.05) is 45.9 Å². The number of aryl methyl sites for hydroxylation is 2. The largest absolute Gasteiger partial charge is 0.325 e. The minimum absolute atomic E-state index is 0.102. The molecule has 0 bridgehead atoms. The lowest BCUT2D eigenvalue weighted by atomic mass is 10.2. The monoisotopic (exact) mass is 455 g/mol. The zero-order chi connectivity index (χ0) is 19.7. The topological polar surface area (TPSA) is 72.7 Å². The third-order valence-corrected chi connectivity index (χ3v) is 5.80. The number of nitrogens with one attached hydrogen (secondary N) is 1. The van der Waals surface area contributed by atoms with Crippen molar-refractivity contribution in [2.24, 2.45) is 0 Å². The Morgan fingerprint density at radius 1 is 1.21 bits per heavy atom. The van der Waals surface area contributed by atoms with E-state index in [0.29, 0.717) is 5.16 Å². The van der Waals surface area contributed by atoms with Crippen molar-refractivity contribution in [3.63, 3.8) is 0 Å². The first-order chi connectivity index (χ1) is 13.6. The number of fused-ring (bicyclic) bond motifs is 3. The van der Waals surface area contributed by atoms with E-state index in [4.69, 9.17) is 0 Å². The lowest BCUT2D eigenvalue weighted by molar-refractivity contribution is -0.113. The fourth-order valence-electron chi connectivity index (χ4n) is 3.15. The molecule has 2 heterocycles. The van der Waals surface area contributed by atoms with Crippen LogP contribution in [0.25, 0.3) is 22.1 Å². The van der Waals surface area contributed by atoms with Gasteiger partial charge in [0.05, 0.1) is 11.3 Å². The highest BCUT2D eigenvalue weighted by Crippen LogP contribution is 2.27. The van der Waals surface area contributed by atoms with Crippen LogP contribution in [-0.4, -0.2) is 31.4 Å². The molecule has 2 aromatic heterocycles. The highest BCUT2D eigenvalue weighted by atomic mass is 79.9. The Balaban J connectivity index is 1.53. The average Bonchev–Trinajstić information content (AvgIpc) is 3.01. The molecule has 0 saturated heterocycles. The number of amides is 1. The summed E-state index contributed by atoms with van der Waals surface area (Å²) in [5.41, 5.74) is 4.48. The summed E-state index contributed by atoms with van der Waals surface area (Å²) in [4.78, 5) is 17.0. The molecule has 0 saturated carbocycles. The first-order valence-electron chi connectivity index (χ1n) is 8.87. The Kier molecular flexibility index (Phi) is 5.32. The second-order valence-corrected chi connectivity index (χ2v) is 8.18. The molecule has 4 rings (SSSR count). The van der Waals surface area contributed by atoms with Gasteiger partial charge in [0.2, 0.25) is 11.1 Å². The van der Waals surface area contributed by atoms with Crippen molar-refractivity contribution in [1.29, 1.82) is 0 Å². The van der Waals surface area contributed by atoms with Crippen LogP contribution in [0.5, 0.6) is 0 Å². The first-order valence-corrected chi connectivity index (χ1v) is 10.6. The van der Waals surface area contributed by atoms with E-state index in [0.717, 1.165) is 44.3 Å². The van der Waals surface area contributed by atoms with E-state index in [2.05, 4.69) is 54.0 Å². The Labute approximate surface area is 174 Å². The maximum absolute atomic E-state index is 12.3. The second-order valence-electron chi connectivity index (χ2n) is 6.32. The maximum Gasteiger partial charge on any atom is 0.234 e. The van der Waals surface area contributed by atoms with Gasteiger partial charge in [0.25, 0.3) is 0 Å². The first kappa shape index (κ1) is 18.9. The molecule has 6 nitrogen and oxygen atoms in total. The molecule has 0 fully saturated rings. The number of carbonyl (C=O) groups excluding carboxylic acids is 1. The zero-order valence-electron chi connectivity index (χ0n) is 15.4. The van der Waals surface area contributed by atoms with Crippen LogP contribution >= 0.6 is 27.7 Å². The third-order valence-electron chi connectivity index (χ3n) is 4.47. The summed E-state index contributed by atoms with van der Waals surface area (Å²) in [6, 6.07) is 13.8. The van der Waals surface area contributed by atoms with Gasteiger partial charge in [0, 0.05) is 22.1 Å². The molecule has 8 heteroatoms. The van der Waals surface area contributed by atoms with Gasteiger partial charge in [-0.2, -0.15) is 0 Å².